The lowest BCUT2D eigenvalue weighted by atomic mass is 9.87. The summed E-state index contributed by atoms with van der Waals surface area (Å²) in [6, 6.07) is 1.53. The first-order valence-corrected chi connectivity index (χ1v) is 5.87. The minimum Gasteiger partial charge on any atom is -0.469 e. The Morgan fingerprint density at radius 1 is 1.50 bits per heavy atom. The van der Waals surface area contributed by atoms with E-state index >= 15 is 0 Å². The number of hydrogen-bond donors (Lipinski definition) is 0. The van der Waals surface area contributed by atoms with Gasteiger partial charge in [-0.05, 0) is 12.5 Å². The van der Waals surface area contributed by atoms with E-state index in [9.17, 15) is 9.59 Å². The molecular weight excluding hydrogens is 234 g/mol. The van der Waals surface area contributed by atoms with E-state index in [1.165, 1.54) is 7.11 Å². The Morgan fingerprint density at radius 2 is 2.22 bits per heavy atom. The van der Waals surface area contributed by atoms with Gasteiger partial charge in [0.15, 0.2) is 0 Å². The number of likely N-dealkylation sites (tertiary alicyclic amines) is 1. The molecule has 2 atom stereocenters. The zero-order valence-corrected chi connectivity index (χ0v) is 10.8. The molecule has 98 valence electrons. The quantitative estimate of drug-likeness (QED) is 0.718. The highest BCUT2D eigenvalue weighted by molar-refractivity contribution is 5.82. The summed E-state index contributed by atoms with van der Waals surface area (Å²) in [4.78, 5) is 25.3. The van der Waals surface area contributed by atoms with E-state index in [4.69, 9.17) is 4.74 Å². The number of piperidine rings is 1. The van der Waals surface area contributed by atoms with Crippen molar-refractivity contribution in [3.63, 3.8) is 0 Å². The molecular formula is C12H17N3O3. The fourth-order valence-electron chi connectivity index (χ4n) is 2.52. The monoisotopic (exact) mass is 251 g/mol. The van der Waals surface area contributed by atoms with Crippen LogP contribution in [-0.4, -0.2) is 40.7 Å². The fourth-order valence-corrected chi connectivity index (χ4v) is 2.52. The molecule has 0 radical (unpaired) electrons. The summed E-state index contributed by atoms with van der Waals surface area (Å²) in [6.45, 7) is 0. The Kier molecular flexibility index (Phi) is 3.36. The molecule has 0 bridgehead atoms. The van der Waals surface area contributed by atoms with Crippen LogP contribution in [0.1, 0.15) is 24.6 Å². The third kappa shape index (κ3) is 1.98. The second-order valence-electron chi connectivity index (χ2n) is 4.50. The van der Waals surface area contributed by atoms with Gasteiger partial charge >= 0.3 is 5.97 Å². The molecule has 2 heterocycles. The number of nitrogens with zero attached hydrogens (tertiary/aromatic N) is 3. The van der Waals surface area contributed by atoms with E-state index in [2.05, 4.69) is 5.10 Å². The number of aromatic nitrogens is 2. The van der Waals surface area contributed by atoms with Crippen LogP contribution in [0.15, 0.2) is 12.3 Å². The Balaban J connectivity index is 2.38. The first-order chi connectivity index (χ1) is 8.56. The van der Waals surface area contributed by atoms with Gasteiger partial charge < -0.3 is 9.64 Å². The average molecular weight is 251 g/mol. The molecule has 0 N–H and O–H groups in total. The number of carbonyl (C=O) groups excluding carboxylic acids is 2. The van der Waals surface area contributed by atoms with Crippen LogP contribution in [0.3, 0.4) is 0 Å². The van der Waals surface area contributed by atoms with Crippen molar-refractivity contribution in [2.75, 3.05) is 14.2 Å². The molecule has 6 nitrogen and oxygen atoms in total. The van der Waals surface area contributed by atoms with E-state index < -0.39 is 0 Å². The van der Waals surface area contributed by atoms with Crippen molar-refractivity contribution in [1.29, 1.82) is 0 Å². The highest BCUT2D eigenvalue weighted by Crippen LogP contribution is 2.35. The van der Waals surface area contributed by atoms with Gasteiger partial charge in [0.2, 0.25) is 5.91 Å². The molecule has 1 aliphatic heterocycles. The molecule has 0 spiro atoms. The molecule has 0 unspecified atom stereocenters. The van der Waals surface area contributed by atoms with Gasteiger partial charge in [0.05, 0.1) is 24.8 Å². The SMILES string of the molecule is COC(=O)[C@@H]1CCC(=O)N(C)[C@@H]1c1ccnn1C. The van der Waals surface area contributed by atoms with E-state index in [1.54, 1.807) is 29.9 Å². The summed E-state index contributed by atoms with van der Waals surface area (Å²) in [7, 11) is 4.89. The van der Waals surface area contributed by atoms with Crippen molar-refractivity contribution in [1.82, 2.24) is 14.7 Å². The number of aryl methyl sites for hydroxylation is 1. The van der Waals surface area contributed by atoms with Crippen molar-refractivity contribution < 1.29 is 14.3 Å². The van der Waals surface area contributed by atoms with Gasteiger partial charge in [0.25, 0.3) is 0 Å². The summed E-state index contributed by atoms with van der Waals surface area (Å²) >= 11 is 0. The number of rotatable bonds is 2. The van der Waals surface area contributed by atoms with Crippen LogP contribution in [0.2, 0.25) is 0 Å². The molecule has 1 aromatic rings. The fraction of sp³-hybridized carbons (Fsp3) is 0.583. The lowest BCUT2D eigenvalue weighted by Gasteiger charge is -2.37. The second kappa shape index (κ2) is 4.80. The average Bonchev–Trinajstić information content (AvgIpc) is 2.77. The third-order valence-electron chi connectivity index (χ3n) is 3.53. The number of ether oxygens (including phenoxy) is 1. The maximum absolute atomic E-state index is 11.8. The van der Waals surface area contributed by atoms with Gasteiger partial charge in [0, 0.05) is 26.7 Å². The molecule has 0 aromatic carbocycles. The van der Waals surface area contributed by atoms with E-state index in [1.807, 2.05) is 6.07 Å². The Bertz CT molecular complexity index is 469. The number of methoxy groups -OCH3 is 1. The van der Waals surface area contributed by atoms with E-state index in [0.29, 0.717) is 12.8 Å². The number of carbonyl (C=O) groups is 2. The van der Waals surface area contributed by atoms with Gasteiger partial charge in [-0.2, -0.15) is 5.10 Å². The van der Waals surface area contributed by atoms with Crippen LogP contribution < -0.4 is 0 Å². The lowest BCUT2D eigenvalue weighted by molar-refractivity contribution is -0.154. The summed E-state index contributed by atoms with van der Waals surface area (Å²) in [5.41, 5.74) is 0.848. The van der Waals surface area contributed by atoms with Crippen LogP contribution in [-0.2, 0) is 21.4 Å². The first kappa shape index (κ1) is 12.6. The highest BCUT2D eigenvalue weighted by Gasteiger charge is 2.40. The summed E-state index contributed by atoms with van der Waals surface area (Å²) in [5.74, 6) is -0.560. The predicted octanol–water partition coefficient (Wildman–Crippen LogP) is 0.503. The maximum Gasteiger partial charge on any atom is 0.311 e. The topological polar surface area (TPSA) is 64.4 Å². The van der Waals surface area contributed by atoms with Crippen LogP contribution in [0.25, 0.3) is 0 Å². The molecule has 1 aromatic heterocycles. The molecule has 0 aliphatic carbocycles. The minimum atomic E-state index is -0.326. The van der Waals surface area contributed by atoms with Crippen LogP contribution in [0, 0.1) is 5.92 Å². The van der Waals surface area contributed by atoms with Crippen molar-refractivity contribution >= 4 is 11.9 Å². The van der Waals surface area contributed by atoms with Crippen molar-refractivity contribution in [2.24, 2.45) is 13.0 Å². The summed E-state index contributed by atoms with van der Waals surface area (Å²) in [5, 5.41) is 4.10. The van der Waals surface area contributed by atoms with Crippen LogP contribution in [0.5, 0.6) is 0 Å². The van der Waals surface area contributed by atoms with Gasteiger partial charge in [-0.1, -0.05) is 0 Å². The Labute approximate surface area is 106 Å². The largest absolute Gasteiger partial charge is 0.469 e. The zero-order chi connectivity index (χ0) is 13.3. The molecule has 0 saturated carbocycles. The molecule has 1 saturated heterocycles. The van der Waals surface area contributed by atoms with Crippen LogP contribution >= 0.6 is 0 Å². The minimum absolute atomic E-state index is 0.0429. The summed E-state index contributed by atoms with van der Waals surface area (Å²) < 4.78 is 6.53. The molecule has 18 heavy (non-hydrogen) atoms. The van der Waals surface area contributed by atoms with E-state index in [-0.39, 0.29) is 23.8 Å². The Hall–Kier alpha value is -1.85. The summed E-state index contributed by atoms with van der Waals surface area (Å²) in [6.07, 6.45) is 2.56. The van der Waals surface area contributed by atoms with Crippen molar-refractivity contribution in [3.05, 3.63) is 18.0 Å². The molecule has 6 heteroatoms. The predicted molar refractivity (Wildman–Crippen MR) is 63.5 cm³/mol. The van der Waals surface area contributed by atoms with Crippen molar-refractivity contribution in [3.8, 4) is 0 Å². The standard InChI is InChI=1S/C12H17N3O3/c1-14-10(16)5-4-8(12(17)18-3)11(14)9-6-7-13-15(9)2/h6-8,11H,4-5H2,1-3H3/t8-,11+/m1/s1. The normalized spacial score (nSPS) is 24.2. The third-order valence-corrected chi connectivity index (χ3v) is 3.53. The Morgan fingerprint density at radius 3 is 2.78 bits per heavy atom. The number of amides is 1. The molecule has 1 amide bonds. The molecule has 2 rings (SSSR count). The maximum atomic E-state index is 11.8. The number of esters is 1. The molecule has 1 fully saturated rings. The smallest absolute Gasteiger partial charge is 0.311 e. The van der Waals surface area contributed by atoms with Gasteiger partial charge in [-0.15, -0.1) is 0 Å². The van der Waals surface area contributed by atoms with Crippen molar-refractivity contribution in [2.45, 2.75) is 18.9 Å². The van der Waals surface area contributed by atoms with Gasteiger partial charge in [0.1, 0.15) is 0 Å². The highest BCUT2D eigenvalue weighted by atomic mass is 16.5. The van der Waals surface area contributed by atoms with Crippen LogP contribution in [0.4, 0.5) is 0 Å². The second-order valence-corrected chi connectivity index (χ2v) is 4.50. The van der Waals surface area contributed by atoms with Gasteiger partial charge in [-0.3, -0.25) is 14.3 Å². The lowest BCUT2D eigenvalue weighted by Crippen LogP contribution is -2.44. The first-order valence-electron chi connectivity index (χ1n) is 5.87. The molecule has 1 aliphatic rings. The van der Waals surface area contributed by atoms with Gasteiger partial charge in [-0.25, -0.2) is 0 Å². The number of hydrogen-bond acceptors (Lipinski definition) is 4. The zero-order valence-electron chi connectivity index (χ0n) is 10.8. The van der Waals surface area contributed by atoms with E-state index in [0.717, 1.165) is 5.69 Å².